The van der Waals surface area contributed by atoms with Crippen molar-refractivity contribution in [1.29, 1.82) is 0 Å². The molecule has 0 fully saturated rings. The number of anilines is 2. The lowest BCUT2D eigenvalue weighted by Crippen LogP contribution is -2.53. The first-order valence-electron chi connectivity index (χ1n) is 15.2. The van der Waals surface area contributed by atoms with E-state index in [4.69, 9.17) is 14.6 Å². The molecule has 1 aliphatic rings. The number of aliphatic carboxylic acids is 1. The molecule has 3 aromatic carbocycles. The standard InChI is InChI=1S/C34H41N3O8S/c1-34(2,3)46(42,43)36-33(41)29-23-37(21-10-16-30(38)39)28-15-9-14-27(31(28)45-29)35-32(40)25-17-19-26(20-18-25)44-22-8-7-13-24-11-5-4-6-12-24/h4-6,9,11-12,14-15,17-20,29H,7-8,10,13,16,21-23H2,1-3H3,(H,35,40)(H,36,41)(H,38,39). The largest absolute Gasteiger partial charge is 0.494 e. The van der Waals surface area contributed by atoms with Gasteiger partial charge in [0, 0.05) is 18.5 Å². The Balaban J connectivity index is 1.43. The van der Waals surface area contributed by atoms with Gasteiger partial charge in [-0.25, -0.2) is 13.1 Å². The molecular weight excluding hydrogens is 610 g/mol. The molecule has 0 spiro atoms. The van der Waals surface area contributed by atoms with Crippen LogP contribution < -0.4 is 24.4 Å². The summed E-state index contributed by atoms with van der Waals surface area (Å²) in [6.07, 6.45) is 1.83. The number of amides is 2. The van der Waals surface area contributed by atoms with E-state index in [2.05, 4.69) is 22.2 Å². The second kappa shape index (κ2) is 15.1. The first-order valence-corrected chi connectivity index (χ1v) is 16.7. The minimum absolute atomic E-state index is 0.0107. The van der Waals surface area contributed by atoms with Gasteiger partial charge in [-0.15, -0.1) is 0 Å². The second-order valence-electron chi connectivity index (χ2n) is 12.1. The van der Waals surface area contributed by atoms with Gasteiger partial charge in [0.15, 0.2) is 11.9 Å². The number of aryl methyl sites for hydroxylation is 1. The molecule has 0 saturated heterocycles. The van der Waals surface area contributed by atoms with E-state index in [1.165, 1.54) is 26.3 Å². The number of carboxylic acid groups (broad SMARTS) is 1. The lowest BCUT2D eigenvalue weighted by molar-refractivity contribution is -0.137. The molecule has 3 aromatic rings. The van der Waals surface area contributed by atoms with Crippen LogP contribution in [0.15, 0.2) is 72.8 Å². The second-order valence-corrected chi connectivity index (χ2v) is 14.5. The summed E-state index contributed by atoms with van der Waals surface area (Å²) in [4.78, 5) is 39.3. The number of unbranched alkanes of at least 4 members (excludes halogenated alkanes) is 1. The Morgan fingerprint density at radius 2 is 1.67 bits per heavy atom. The number of hydrogen-bond donors (Lipinski definition) is 3. The van der Waals surface area contributed by atoms with Crippen LogP contribution in [0, 0.1) is 0 Å². The summed E-state index contributed by atoms with van der Waals surface area (Å²) in [5.74, 6) is -1.42. The molecule has 246 valence electrons. The molecule has 1 heterocycles. The van der Waals surface area contributed by atoms with Crippen molar-refractivity contribution in [3.8, 4) is 11.5 Å². The smallest absolute Gasteiger partial charge is 0.303 e. The van der Waals surface area contributed by atoms with E-state index in [1.54, 1.807) is 47.4 Å². The van der Waals surface area contributed by atoms with Crippen molar-refractivity contribution in [3.05, 3.63) is 83.9 Å². The van der Waals surface area contributed by atoms with Gasteiger partial charge in [-0.1, -0.05) is 36.4 Å². The number of carboxylic acids is 1. The van der Waals surface area contributed by atoms with Crippen LogP contribution >= 0.6 is 0 Å². The predicted octanol–water partition coefficient (Wildman–Crippen LogP) is 5.02. The number of rotatable bonds is 14. The normalized spacial score (nSPS) is 14.5. The van der Waals surface area contributed by atoms with E-state index in [9.17, 15) is 22.8 Å². The number of carbonyl (C=O) groups excluding carboxylic acids is 2. The molecule has 12 heteroatoms. The van der Waals surface area contributed by atoms with Crippen LogP contribution in [0.4, 0.5) is 11.4 Å². The van der Waals surface area contributed by atoms with Crippen molar-refractivity contribution in [2.75, 3.05) is 29.9 Å². The van der Waals surface area contributed by atoms with Crippen LogP contribution in [-0.2, 0) is 26.0 Å². The predicted molar refractivity (Wildman–Crippen MR) is 176 cm³/mol. The van der Waals surface area contributed by atoms with Crippen LogP contribution in [0.5, 0.6) is 11.5 Å². The van der Waals surface area contributed by atoms with Crippen molar-refractivity contribution in [3.63, 3.8) is 0 Å². The van der Waals surface area contributed by atoms with Crippen molar-refractivity contribution < 1.29 is 37.4 Å². The Morgan fingerprint density at radius 3 is 2.35 bits per heavy atom. The monoisotopic (exact) mass is 651 g/mol. The molecule has 11 nitrogen and oxygen atoms in total. The van der Waals surface area contributed by atoms with Gasteiger partial charge in [-0.3, -0.25) is 14.4 Å². The molecular formula is C34H41N3O8S. The molecule has 0 aromatic heterocycles. The molecule has 1 atom stereocenters. The Bertz CT molecular complexity index is 1620. The zero-order valence-corrected chi connectivity index (χ0v) is 27.1. The number of fused-ring (bicyclic) bond motifs is 1. The van der Waals surface area contributed by atoms with Gasteiger partial charge in [0.1, 0.15) is 5.75 Å². The molecule has 2 amide bonds. The van der Waals surface area contributed by atoms with Gasteiger partial charge < -0.3 is 24.8 Å². The number of carbonyl (C=O) groups is 3. The summed E-state index contributed by atoms with van der Waals surface area (Å²) in [5, 5.41) is 12.0. The highest BCUT2D eigenvalue weighted by molar-refractivity contribution is 7.91. The Labute approximate surface area is 270 Å². The highest BCUT2D eigenvalue weighted by atomic mass is 32.2. The van der Waals surface area contributed by atoms with Gasteiger partial charge in [0.2, 0.25) is 10.0 Å². The number of ether oxygens (including phenoxy) is 2. The van der Waals surface area contributed by atoms with E-state index in [1.807, 2.05) is 18.2 Å². The maximum absolute atomic E-state index is 13.2. The Hall–Kier alpha value is -4.58. The van der Waals surface area contributed by atoms with Gasteiger partial charge >= 0.3 is 5.97 Å². The van der Waals surface area contributed by atoms with E-state index >= 15 is 0 Å². The molecule has 46 heavy (non-hydrogen) atoms. The van der Waals surface area contributed by atoms with Crippen molar-refractivity contribution >= 4 is 39.2 Å². The third-order valence-corrected chi connectivity index (χ3v) is 9.55. The van der Waals surface area contributed by atoms with Crippen LogP contribution in [0.3, 0.4) is 0 Å². The third kappa shape index (κ3) is 9.23. The summed E-state index contributed by atoms with van der Waals surface area (Å²) in [5.41, 5.74) is 2.48. The molecule has 0 radical (unpaired) electrons. The number of hydrogen-bond acceptors (Lipinski definition) is 8. The fraction of sp³-hybridized carbons (Fsp3) is 0.382. The minimum atomic E-state index is -4.01. The van der Waals surface area contributed by atoms with E-state index in [-0.39, 0.29) is 37.4 Å². The number of benzene rings is 3. The highest BCUT2D eigenvalue weighted by Gasteiger charge is 2.37. The van der Waals surface area contributed by atoms with Crippen molar-refractivity contribution in [1.82, 2.24) is 4.72 Å². The number of nitrogens with zero attached hydrogens (tertiary/aromatic N) is 1. The van der Waals surface area contributed by atoms with Gasteiger partial charge in [0.05, 0.1) is 29.3 Å². The van der Waals surface area contributed by atoms with Gasteiger partial charge in [-0.2, -0.15) is 0 Å². The van der Waals surface area contributed by atoms with Crippen LogP contribution in [-0.4, -0.2) is 61.9 Å². The van der Waals surface area contributed by atoms with Crippen LogP contribution in [0.2, 0.25) is 0 Å². The molecule has 0 saturated carbocycles. The Morgan fingerprint density at radius 1 is 0.957 bits per heavy atom. The summed E-state index contributed by atoms with van der Waals surface area (Å²) < 4.78 is 38.1. The lowest BCUT2D eigenvalue weighted by Gasteiger charge is -2.36. The van der Waals surface area contributed by atoms with E-state index in [0.29, 0.717) is 23.6 Å². The Kier molecular flexibility index (Phi) is 11.3. The third-order valence-electron chi connectivity index (χ3n) is 7.47. The highest BCUT2D eigenvalue weighted by Crippen LogP contribution is 2.40. The topological polar surface area (TPSA) is 151 Å². The maximum atomic E-state index is 13.2. The average Bonchev–Trinajstić information content (AvgIpc) is 3.01. The fourth-order valence-electron chi connectivity index (χ4n) is 4.76. The van der Waals surface area contributed by atoms with E-state index in [0.717, 1.165) is 19.3 Å². The lowest BCUT2D eigenvalue weighted by atomic mass is 10.1. The first-order chi connectivity index (χ1) is 21.8. The summed E-state index contributed by atoms with van der Waals surface area (Å²) in [7, 11) is -4.01. The van der Waals surface area contributed by atoms with Gasteiger partial charge in [-0.05, 0) is 88.4 Å². The SMILES string of the molecule is CC(C)(C)S(=O)(=O)NC(=O)C1CN(CCCC(=O)O)c2cccc(NC(=O)c3ccc(OCCCCc4ccccc4)cc3)c2O1. The summed E-state index contributed by atoms with van der Waals surface area (Å²) in [6, 6.07) is 22.1. The molecule has 0 aliphatic carbocycles. The molecule has 1 unspecified atom stereocenters. The average molecular weight is 652 g/mol. The molecule has 0 bridgehead atoms. The summed E-state index contributed by atoms with van der Waals surface area (Å²) in [6.45, 7) is 5.22. The van der Waals surface area contributed by atoms with Crippen molar-refractivity contribution in [2.45, 2.75) is 63.7 Å². The van der Waals surface area contributed by atoms with Gasteiger partial charge in [0.25, 0.3) is 11.8 Å². The number of sulfonamides is 1. The zero-order valence-electron chi connectivity index (χ0n) is 26.3. The van der Waals surface area contributed by atoms with Crippen LogP contribution in [0.1, 0.15) is 62.4 Å². The fourth-order valence-corrected chi connectivity index (χ4v) is 5.46. The number of nitrogens with one attached hydrogen (secondary N) is 2. The first kappa shape index (κ1) is 34.3. The zero-order chi connectivity index (χ0) is 33.3. The quantitative estimate of drug-likeness (QED) is 0.204. The maximum Gasteiger partial charge on any atom is 0.303 e. The van der Waals surface area contributed by atoms with Crippen LogP contribution in [0.25, 0.3) is 0 Å². The van der Waals surface area contributed by atoms with Crippen molar-refractivity contribution in [2.24, 2.45) is 0 Å². The molecule has 1 aliphatic heterocycles. The molecule has 4 rings (SSSR count). The van der Waals surface area contributed by atoms with E-state index < -0.39 is 38.7 Å². The molecule has 3 N–H and O–H groups in total. The summed E-state index contributed by atoms with van der Waals surface area (Å²) >= 11 is 0. The minimum Gasteiger partial charge on any atom is -0.494 e. The number of para-hydroxylation sites is 1.